The maximum atomic E-state index is 11.7. The maximum absolute atomic E-state index is 11.7. The van der Waals surface area contributed by atoms with Crippen molar-refractivity contribution >= 4 is 35.1 Å². The van der Waals surface area contributed by atoms with Gasteiger partial charge in [0.05, 0.1) is 0 Å². The fraction of sp³-hybridized carbons (Fsp3) is 0.222. The summed E-state index contributed by atoms with van der Waals surface area (Å²) < 4.78 is 10.2. The van der Waals surface area contributed by atoms with Crippen molar-refractivity contribution in [1.29, 1.82) is 0 Å². The molecule has 0 aliphatic heterocycles. The Morgan fingerprint density at radius 1 is 1.04 bits per heavy atom. The molecule has 0 unspecified atom stereocenters. The third kappa shape index (κ3) is 6.29. The Hall–Kier alpha value is -2.24. The van der Waals surface area contributed by atoms with E-state index >= 15 is 0 Å². The first-order chi connectivity index (χ1) is 12.0. The third-order valence-electron chi connectivity index (χ3n) is 3.28. The highest BCUT2D eigenvalue weighted by Gasteiger charge is 2.09. The normalized spacial score (nSPS) is 10.2. The molecule has 1 amide bonds. The number of carbonyl (C=O) groups excluding carboxylic acids is 2. The molecule has 0 aliphatic rings. The summed E-state index contributed by atoms with van der Waals surface area (Å²) in [4.78, 5) is 23.3. The molecule has 132 valence electrons. The van der Waals surface area contributed by atoms with E-state index in [-0.39, 0.29) is 19.8 Å². The summed E-state index contributed by atoms with van der Waals surface area (Å²) >= 11 is 11.9. The van der Waals surface area contributed by atoms with Gasteiger partial charge in [0.25, 0.3) is 5.91 Å². The Balaban J connectivity index is 1.69. The van der Waals surface area contributed by atoms with Crippen molar-refractivity contribution in [2.75, 3.05) is 13.2 Å². The van der Waals surface area contributed by atoms with Gasteiger partial charge in [-0.25, -0.2) is 4.79 Å². The van der Waals surface area contributed by atoms with E-state index in [4.69, 9.17) is 32.7 Å². The summed E-state index contributed by atoms with van der Waals surface area (Å²) in [6.45, 7) is 1.42. The zero-order valence-electron chi connectivity index (χ0n) is 13.6. The lowest BCUT2D eigenvalue weighted by Crippen LogP contribution is -2.29. The second-order valence-electron chi connectivity index (χ2n) is 5.23. The van der Waals surface area contributed by atoms with Crippen molar-refractivity contribution in [3.05, 3.63) is 63.6 Å². The standard InChI is InChI=1S/C18H17Cl2NO4/c1-12-8-14(6-7-15(12)19)24-11-18(23)25-10-17(22)21-9-13-4-2-3-5-16(13)20/h2-8H,9-11H2,1H3,(H,21,22). The van der Waals surface area contributed by atoms with Gasteiger partial charge in [-0.3, -0.25) is 4.79 Å². The van der Waals surface area contributed by atoms with Crippen LogP contribution in [0.2, 0.25) is 10.0 Å². The van der Waals surface area contributed by atoms with Crippen LogP contribution in [0.3, 0.4) is 0 Å². The maximum Gasteiger partial charge on any atom is 0.344 e. The largest absolute Gasteiger partial charge is 0.482 e. The number of hydrogen-bond acceptors (Lipinski definition) is 4. The first-order valence-corrected chi connectivity index (χ1v) is 8.26. The van der Waals surface area contributed by atoms with Gasteiger partial charge in [0.2, 0.25) is 0 Å². The second-order valence-corrected chi connectivity index (χ2v) is 6.04. The third-order valence-corrected chi connectivity index (χ3v) is 4.08. The van der Waals surface area contributed by atoms with Gasteiger partial charge in [0, 0.05) is 16.6 Å². The van der Waals surface area contributed by atoms with E-state index in [0.717, 1.165) is 11.1 Å². The molecule has 0 saturated carbocycles. The van der Waals surface area contributed by atoms with Crippen LogP contribution in [-0.2, 0) is 20.9 Å². The average molecular weight is 382 g/mol. The number of hydrogen-bond donors (Lipinski definition) is 1. The molecule has 0 heterocycles. The first kappa shape index (κ1) is 19.1. The van der Waals surface area contributed by atoms with Crippen LogP contribution in [-0.4, -0.2) is 25.1 Å². The lowest BCUT2D eigenvalue weighted by Gasteiger charge is -2.09. The molecule has 2 rings (SSSR count). The SMILES string of the molecule is Cc1cc(OCC(=O)OCC(=O)NCc2ccccc2Cl)ccc1Cl. The number of aryl methyl sites for hydroxylation is 1. The minimum absolute atomic E-state index is 0.261. The first-order valence-electron chi connectivity index (χ1n) is 7.50. The van der Waals surface area contributed by atoms with E-state index in [1.165, 1.54) is 0 Å². The van der Waals surface area contributed by atoms with Crippen LogP contribution in [0, 0.1) is 6.92 Å². The smallest absolute Gasteiger partial charge is 0.344 e. The van der Waals surface area contributed by atoms with Crippen molar-refractivity contribution in [3.63, 3.8) is 0 Å². The van der Waals surface area contributed by atoms with E-state index in [2.05, 4.69) is 5.32 Å². The van der Waals surface area contributed by atoms with Crippen LogP contribution in [0.1, 0.15) is 11.1 Å². The van der Waals surface area contributed by atoms with Crippen LogP contribution in [0.15, 0.2) is 42.5 Å². The number of benzene rings is 2. The number of ether oxygens (including phenoxy) is 2. The van der Waals surface area contributed by atoms with Gasteiger partial charge in [-0.15, -0.1) is 0 Å². The Morgan fingerprint density at radius 3 is 2.52 bits per heavy atom. The molecule has 2 aromatic carbocycles. The van der Waals surface area contributed by atoms with Gasteiger partial charge in [-0.05, 0) is 42.3 Å². The van der Waals surface area contributed by atoms with Gasteiger partial charge >= 0.3 is 5.97 Å². The van der Waals surface area contributed by atoms with Crippen molar-refractivity contribution in [1.82, 2.24) is 5.32 Å². The van der Waals surface area contributed by atoms with Gasteiger partial charge in [0.1, 0.15) is 5.75 Å². The molecular formula is C18H17Cl2NO4. The zero-order chi connectivity index (χ0) is 18.2. The van der Waals surface area contributed by atoms with Crippen molar-refractivity contribution in [2.24, 2.45) is 0 Å². The lowest BCUT2D eigenvalue weighted by molar-refractivity contribution is -0.150. The number of esters is 1. The van der Waals surface area contributed by atoms with Crippen molar-refractivity contribution in [3.8, 4) is 5.75 Å². The molecule has 0 aromatic heterocycles. The highest BCUT2D eigenvalue weighted by Crippen LogP contribution is 2.20. The quantitative estimate of drug-likeness (QED) is 0.744. The van der Waals surface area contributed by atoms with Crippen LogP contribution in [0.4, 0.5) is 0 Å². The molecule has 5 nitrogen and oxygen atoms in total. The molecule has 0 fully saturated rings. The Labute approximate surface area is 155 Å². The average Bonchev–Trinajstić information content (AvgIpc) is 2.60. The molecule has 2 aromatic rings. The molecule has 0 aliphatic carbocycles. The zero-order valence-corrected chi connectivity index (χ0v) is 15.1. The fourth-order valence-corrected chi connectivity index (χ4v) is 2.24. The van der Waals surface area contributed by atoms with E-state index in [1.54, 1.807) is 36.4 Å². The number of halogens is 2. The number of amides is 1. The van der Waals surface area contributed by atoms with Crippen LogP contribution >= 0.6 is 23.2 Å². The topological polar surface area (TPSA) is 64.6 Å². The lowest BCUT2D eigenvalue weighted by atomic mass is 10.2. The number of carbonyl (C=O) groups is 2. The van der Waals surface area contributed by atoms with E-state index in [9.17, 15) is 9.59 Å². The molecular weight excluding hydrogens is 365 g/mol. The predicted molar refractivity (Wildman–Crippen MR) is 95.9 cm³/mol. The van der Waals surface area contributed by atoms with E-state index in [1.807, 2.05) is 13.0 Å². The summed E-state index contributed by atoms with van der Waals surface area (Å²) in [5.41, 5.74) is 1.62. The minimum atomic E-state index is -0.638. The predicted octanol–water partition coefficient (Wildman–Crippen LogP) is 3.54. The summed E-state index contributed by atoms with van der Waals surface area (Å²) in [6, 6.07) is 12.2. The molecule has 0 radical (unpaired) electrons. The summed E-state index contributed by atoms with van der Waals surface area (Å²) in [5.74, 6) is -0.557. The fourth-order valence-electron chi connectivity index (χ4n) is 1.92. The second kappa shape index (κ2) is 9.30. The number of nitrogens with one attached hydrogen (secondary N) is 1. The van der Waals surface area contributed by atoms with Gasteiger partial charge in [-0.1, -0.05) is 41.4 Å². The Kier molecular flexibility index (Phi) is 7.10. The van der Waals surface area contributed by atoms with Crippen LogP contribution < -0.4 is 10.1 Å². The molecule has 0 atom stereocenters. The Bertz CT molecular complexity index is 764. The molecule has 0 saturated heterocycles. The van der Waals surface area contributed by atoms with E-state index in [0.29, 0.717) is 15.8 Å². The molecule has 25 heavy (non-hydrogen) atoms. The number of rotatable bonds is 7. The van der Waals surface area contributed by atoms with Gasteiger partial charge < -0.3 is 14.8 Å². The van der Waals surface area contributed by atoms with Crippen molar-refractivity contribution in [2.45, 2.75) is 13.5 Å². The van der Waals surface area contributed by atoms with Gasteiger partial charge in [-0.2, -0.15) is 0 Å². The monoisotopic (exact) mass is 381 g/mol. The summed E-state index contributed by atoms with van der Waals surface area (Å²) in [5, 5.41) is 3.80. The van der Waals surface area contributed by atoms with Crippen molar-refractivity contribution < 1.29 is 19.1 Å². The molecule has 0 spiro atoms. The van der Waals surface area contributed by atoms with Gasteiger partial charge in [0.15, 0.2) is 13.2 Å². The minimum Gasteiger partial charge on any atom is -0.482 e. The van der Waals surface area contributed by atoms with Crippen LogP contribution in [0.5, 0.6) is 5.75 Å². The Morgan fingerprint density at radius 2 is 1.80 bits per heavy atom. The molecule has 0 bridgehead atoms. The molecule has 1 N–H and O–H groups in total. The summed E-state index contributed by atoms with van der Waals surface area (Å²) in [6.07, 6.45) is 0. The van der Waals surface area contributed by atoms with Crippen LogP contribution in [0.25, 0.3) is 0 Å². The molecule has 7 heteroatoms. The highest BCUT2D eigenvalue weighted by atomic mass is 35.5. The highest BCUT2D eigenvalue weighted by molar-refractivity contribution is 6.31. The van der Waals surface area contributed by atoms with E-state index < -0.39 is 11.9 Å². The summed E-state index contributed by atoms with van der Waals surface area (Å²) in [7, 11) is 0.